The quantitative estimate of drug-likeness (QED) is 0.511. The first kappa shape index (κ1) is 23.2. The van der Waals surface area contributed by atoms with Crippen LogP contribution in [0.15, 0.2) is 34.8 Å². The lowest BCUT2D eigenvalue weighted by Gasteiger charge is -2.33. The fourth-order valence-electron chi connectivity index (χ4n) is 4.55. The summed E-state index contributed by atoms with van der Waals surface area (Å²) in [5.74, 6) is 0.0611. The van der Waals surface area contributed by atoms with E-state index in [1.165, 1.54) is 11.2 Å². The molecule has 2 atom stereocenters. The van der Waals surface area contributed by atoms with Gasteiger partial charge >= 0.3 is 0 Å². The molecule has 10 nitrogen and oxygen atoms in total. The summed E-state index contributed by atoms with van der Waals surface area (Å²) in [6, 6.07) is 5.63. The third kappa shape index (κ3) is 4.54. The molecule has 34 heavy (non-hydrogen) atoms. The molecule has 2 aromatic heterocycles. The van der Waals surface area contributed by atoms with Crippen molar-refractivity contribution in [3.63, 3.8) is 0 Å². The second-order valence-corrected chi connectivity index (χ2v) is 11.9. The number of hydrogen-bond acceptors (Lipinski definition) is 7. The van der Waals surface area contributed by atoms with Crippen LogP contribution in [-0.4, -0.2) is 70.9 Å². The maximum atomic E-state index is 13.1. The lowest BCUT2D eigenvalue weighted by Crippen LogP contribution is -2.54. The topological polar surface area (TPSA) is 128 Å². The molecule has 5 rings (SSSR count). The van der Waals surface area contributed by atoms with Gasteiger partial charge in [0.15, 0.2) is 0 Å². The molecule has 2 saturated heterocycles. The van der Waals surface area contributed by atoms with Crippen LogP contribution in [0.5, 0.6) is 0 Å². The molecular weight excluding hydrogens is 500 g/mol. The smallest absolute Gasteiger partial charge is 0.250 e. The average Bonchev–Trinajstić information content (AvgIpc) is 3.56. The number of thiophene rings is 1. The van der Waals surface area contributed by atoms with Gasteiger partial charge in [0.1, 0.15) is 22.4 Å². The number of rotatable bonds is 6. The molecule has 2 unspecified atom stereocenters. The standard InChI is InChI=1S/C21H23ClN6O4S2/c22-14-5-6-17-13(9-14)10-19(33-17)34(31,32)26-15-3-1-7-27(21(15)30)11-18(29)28-8-2-4-16(28)20-23-12-24-25-20/h5-6,9-10,12,15-16,26H,1-4,7-8,11H2,(H,23,24,25). The van der Waals surface area contributed by atoms with Gasteiger partial charge in [-0.15, -0.1) is 11.3 Å². The Balaban J connectivity index is 1.27. The molecule has 1 aromatic carbocycles. The molecule has 2 N–H and O–H groups in total. The lowest BCUT2D eigenvalue weighted by atomic mass is 10.1. The van der Waals surface area contributed by atoms with Crippen LogP contribution in [0.1, 0.15) is 37.5 Å². The zero-order valence-corrected chi connectivity index (χ0v) is 20.5. The fraction of sp³-hybridized carbons (Fsp3) is 0.429. The summed E-state index contributed by atoms with van der Waals surface area (Å²) in [6.07, 6.45) is 4.00. The van der Waals surface area contributed by atoms with E-state index < -0.39 is 16.1 Å². The summed E-state index contributed by atoms with van der Waals surface area (Å²) in [4.78, 5) is 33.5. The molecular formula is C21H23ClN6O4S2. The Labute approximate surface area is 205 Å². The summed E-state index contributed by atoms with van der Waals surface area (Å²) in [7, 11) is -3.91. The van der Waals surface area contributed by atoms with Gasteiger partial charge in [0.05, 0.1) is 12.6 Å². The van der Waals surface area contributed by atoms with Crippen LogP contribution in [0.3, 0.4) is 0 Å². The van der Waals surface area contributed by atoms with Crippen LogP contribution in [0.2, 0.25) is 5.02 Å². The minimum atomic E-state index is -3.91. The number of halogens is 1. The van der Waals surface area contributed by atoms with Crippen molar-refractivity contribution in [3.8, 4) is 0 Å². The predicted octanol–water partition coefficient (Wildman–Crippen LogP) is 2.31. The Kier molecular flexibility index (Phi) is 6.32. The number of aromatic amines is 1. The molecule has 3 aromatic rings. The van der Waals surface area contributed by atoms with Crippen molar-refractivity contribution in [3.05, 3.63) is 41.4 Å². The Hall–Kier alpha value is -2.54. The summed E-state index contributed by atoms with van der Waals surface area (Å²) >= 11 is 7.13. The summed E-state index contributed by atoms with van der Waals surface area (Å²) in [5, 5.41) is 7.94. The minimum Gasteiger partial charge on any atom is -0.332 e. The predicted molar refractivity (Wildman–Crippen MR) is 127 cm³/mol. The number of hydrogen-bond donors (Lipinski definition) is 2. The van der Waals surface area contributed by atoms with Crippen LogP contribution < -0.4 is 4.72 Å². The van der Waals surface area contributed by atoms with Gasteiger partial charge in [-0.1, -0.05) is 11.6 Å². The van der Waals surface area contributed by atoms with Crippen LogP contribution >= 0.6 is 22.9 Å². The Morgan fingerprint density at radius 2 is 2.06 bits per heavy atom. The van der Waals surface area contributed by atoms with E-state index in [0.29, 0.717) is 36.8 Å². The Bertz CT molecular complexity index is 1330. The van der Waals surface area contributed by atoms with Crippen molar-refractivity contribution in [1.82, 2.24) is 29.7 Å². The van der Waals surface area contributed by atoms with Gasteiger partial charge in [-0.25, -0.2) is 13.4 Å². The van der Waals surface area contributed by atoms with E-state index >= 15 is 0 Å². The highest BCUT2D eigenvalue weighted by molar-refractivity contribution is 7.91. The first-order valence-electron chi connectivity index (χ1n) is 11.0. The highest BCUT2D eigenvalue weighted by atomic mass is 35.5. The van der Waals surface area contributed by atoms with Gasteiger partial charge in [-0.2, -0.15) is 9.82 Å². The molecule has 13 heteroatoms. The van der Waals surface area contributed by atoms with E-state index in [0.717, 1.165) is 34.3 Å². The number of aromatic nitrogens is 3. The third-order valence-electron chi connectivity index (χ3n) is 6.20. The number of amides is 2. The van der Waals surface area contributed by atoms with Crippen molar-refractivity contribution in [1.29, 1.82) is 0 Å². The normalized spacial score (nSPS) is 21.5. The van der Waals surface area contributed by atoms with Gasteiger partial charge in [0, 0.05) is 22.8 Å². The van der Waals surface area contributed by atoms with Crippen molar-refractivity contribution in [2.75, 3.05) is 19.6 Å². The maximum absolute atomic E-state index is 13.1. The molecule has 0 bridgehead atoms. The zero-order chi connectivity index (χ0) is 23.9. The second kappa shape index (κ2) is 9.25. The van der Waals surface area contributed by atoms with Crippen LogP contribution in [0.4, 0.5) is 0 Å². The number of carbonyl (C=O) groups is 2. The van der Waals surface area contributed by atoms with Crippen molar-refractivity contribution < 1.29 is 18.0 Å². The number of H-pyrrole nitrogens is 1. The fourth-order valence-corrected chi connectivity index (χ4v) is 7.35. The van der Waals surface area contributed by atoms with Crippen molar-refractivity contribution in [2.24, 2.45) is 0 Å². The van der Waals surface area contributed by atoms with E-state index in [9.17, 15) is 18.0 Å². The van der Waals surface area contributed by atoms with Gasteiger partial charge < -0.3 is 9.80 Å². The van der Waals surface area contributed by atoms with E-state index in [1.807, 2.05) is 0 Å². The number of sulfonamides is 1. The van der Waals surface area contributed by atoms with Crippen LogP contribution in [0.25, 0.3) is 10.1 Å². The van der Waals surface area contributed by atoms with Gasteiger partial charge in [0.25, 0.3) is 10.0 Å². The third-order valence-corrected chi connectivity index (χ3v) is 9.49. The minimum absolute atomic E-state index is 0.0942. The molecule has 0 radical (unpaired) electrons. The van der Waals surface area contributed by atoms with Crippen molar-refractivity contribution >= 4 is 54.9 Å². The molecule has 0 aliphatic carbocycles. The SMILES string of the molecule is O=C1C(NS(=O)(=O)c2cc3cc(Cl)ccc3s2)CCCN1CC(=O)N1CCCC1c1ncn[nH]1. The second-order valence-electron chi connectivity index (χ2n) is 8.44. The number of nitrogens with one attached hydrogen (secondary N) is 2. The number of fused-ring (bicyclic) bond motifs is 1. The summed E-state index contributed by atoms with van der Waals surface area (Å²) in [5.41, 5.74) is 0. The summed E-state index contributed by atoms with van der Waals surface area (Å²) in [6.45, 7) is 0.895. The van der Waals surface area contributed by atoms with Gasteiger partial charge in [0.2, 0.25) is 11.8 Å². The van der Waals surface area contributed by atoms with Gasteiger partial charge in [-0.3, -0.25) is 14.7 Å². The first-order valence-corrected chi connectivity index (χ1v) is 13.6. The first-order chi connectivity index (χ1) is 16.3. The highest BCUT2D eigenvalue weighted by Crippen LogP contribution is 2.32. The average molecular weight is 523 g/mol. The zero-order valence-electron chi connectivity index (χ0n) is 18.1. The number of carbonyl (C=O) groups excluding carboxylic acids is 2. The Morgan fingerprint density at radius 3 is 2.85 bits per heavy atom. The molecule has 2 aliphatic rings. The van der Waals surface area contributed by atoms with Gasteiger partial charge in [-0.05, 0) is 55.3 Å². The number of nitrogens with zero attached hydrogens (tertiary/aromatic N) is 4. The van der Waals surface area contributed by atoms with E-state index in [-0.39, 0.29) is 28.6 Å². The summed E-state index contributed by atoms with van der Waals surface area (Å²) < 4.78 is 29.5. The largest absolute Gasteiger partial charge is 0.332 e. The van der Waals surface area contributed by atoms with Crippen LogP contribution in [0, 0.1) is 0 Å². The highest BCUT2D eigenvalue weighted by Gasteiger charge is 2.37. The lowest BCUT2D eigenvalue weighted by molar-refractivity contribution is -0.143. The maximum Gasteiger partial charge on any atom is 0.250 e. The molecule has 0 spiro atoms. The molecule has 180 valence electrons. The number of piperidine rings is 1. The number of likely N-dealkylation sites (tertiary alicyclic amines) is 2. The molecule has 2 fully saturated rings. The van der Waals surface area contributed by atoms with E-state index in [4.69, 9.17) is 11.6 Å². The molecule has 2 amide bonds. The molecule has 4 heterocycles. The number of benzene rings is 1. The Morgan fingerprint density at radius 1 is 1.24 bits per heavy atom. The molecule has 2 aliphatic heterocycles. The van der Waals surface area contributed by atoms with Crippen LogP contribution in [-0.2, 0) is 19.6 Å². The van der Waals surface area contributed by atoms with E-state index in [2.05, 4.69) is 19.9 Å². The monoisotopic (exact) mass is 522 g/mol. The van der Waals surface area contributed by atoms with E-state index in [1.54, 1.807) is 29.2 Å². The van der Waals surface area contributed by atoms with Crippen molar-refractivity contribution in [2.45, 2.75) is 42.0 Å². The molecule has 0 saturated carbocycles.